The van der Waals surface area contributed by atoms with Gasteiger partial charge < -0.3 is 14.9 Å². The quantitative estimate of drug-likeness (QED) is 0.765. The molecule has 0 spiro atoms. The van der Waals surface area contributed by atoms with E-state index in [2.05, 4.69) is 9.88 Å². The lowest BCUT2D eigenvalue weighted by Gasteiger charge is -2.36. The lowest BCUT2D eigenvalue weighted by atomic mass is 10.2. The maximum Gasteiger partial charge on any atom is 0.273 e. The molecule has 1 fully saturated rings. The number of para-hydroxylation sites is 2. The number of amides is 1. The summed E-state index contributed by atoms with van der Waals surface area (Å²) >= 11 is 3.14. The number of aromatic nitrogens is 1. The van der Waals surface area contributed by atoms with Crippen LogP contribution in [0.2, 0.25) is 0 Å². The molecule has 3 heterocycles. The molecule has 2 aromatic heterocycles. The summed E-state index contributed by atoms with van der Waals surface area (Å²) in [5.74, 6) is 0.262. The molecule has 128 valence electrons. The number of hydrogen-bond donors (Lipinski definition) is 1. The van der Waals surface area contributed by atoms with Crippen molar-refractivity contribution in [1.82, 2.24) is 9.88 Å². The first-order valence-corrected chi connectivity index (χ1v) is 9.80. The van der Waals surface area contributed by atoms with Gasteiger partial charge in [-0.05, 0) is 23.6 Å². The molecule has 7 heteroatoms. The van der Waals surface area contributed by atoms with Crippen LogP contribution in [-0.2, 0) is 0 Å². The van der Waals surface area contributed by atoms with E-state index in [0.717, 1.165) is 15.6 Å². The number of nitrogens with zero attached hydrogens (tertiary/aromatic N) is 3. The molecular weight excluding hydrogens is 354 g/mol. The van der Waals surface area contributed by atoms with E-state index in [1.165, 1.54) is 11.3 Å². The van der Waals surface area contributed by atoms with Gasteiger partial charge in [-0.25, -0.2) is 4.98 Å². The molecule has 0 bridgehead atoms. The van der Waals surface area contributed by atoms with E-state index in [1.54, 1.807) is 17.4 Å². The van der Waals surface area contributed by atoms with E-state index in [-0.39, 0.29) is 11.7 Å². The Morgan fingerprint density at radius 1 is 1.04 bits per heavy atom. The topological polar surface area (TPSA) is 56.7 Å². The number of benzene rings is 1. The van der Waals surface area contributed by atoms with Gasteiger partial charge in [0.1, 0.15) is 16.5 Å². The van der Waals surface area contributed by atoms with Gasteiger partial charge in [0.25, 0.3) is 5.91 Å². The van der Waals surface area contributed by atoms with Crippen molar-refractivity contribution in [2.45, 2.75) is 0 Å². The molecule has 25 heavy (non-hydrogen) atoms. The largest absolute Gasteiger partial charge is 0.506 e. The standard InChI is InChI=1S/C18H17N3O2S2/c22-15-5-2-1-4-14(15)20-7-9-21(10-8-20)18(23)13-12-25-17(19-13)16-6-3-11-24-16/h1-6,11-12,22H,7-10H2. The van der Waals surface area contributed by atoms with Crippen molar-refractivity contribution in [2.75, 3.05) is 31.1 Å². The van der Waals surface area contributed by atoms with Gasteiger partial charge in [-0.2, -0.15) is 0 Å². The van der Waals surface area contributed by atoms with Crippen LogP contribution < -0.4 is 4.90 Å². The molecule has 1 aliphatic heterocycles. The van der Waals surface area contributed by atoms with Gasteiger partial charge in [-0.1, -0.05) is 18.2 Å². The van der Waals surface area contributed by atoms with Gasteiger partial charge in [0.2, 0.25) is 0 Å². The number of phenols is 1. The molecule has 0 unspecified atom stereocenters. The summed E-state index contributed by atoms with van der Waals surface area (Å²) in [6, 6.07) is 11.3. The first kappa shape index (κ1) is 16.1. The molecule has 4 rings (SSSR count). The molecular formula is C18H17N3O2S2. The van der Waals surface area contributed by atoms with Crippen molar-refractivity contribution < 1.29 is 9.90 Å². The minimum atomic E-state index is -0.0176. The zero-order chi connectivity index (χ0) is 17.2. The van der Waals surface area contributed by atoms with E-state index in [0.29, 0.717) is 31.9 Å². The second-order valence-corrected chi connectivity index (χ2v) is 7.59. The van der Waals surface area contributed by atoms with E-state index >= 15 is 0 Å². The van der Waals surface area contributed by atoms with Crippen LogP contribution in [0.1, 0.15) is 10.5 Å². The maximum absolute atomic E-state index is 12.7. The van der Waals surface area contributed by atoms with Gasteiger partial charge in [0.15, 0.2) is 0 Å². The summed E-state index contributed by atoms with van der Waals surface area (Å²) in [7, 11) is 0. The number of piperazine rings is 1. The first-order chi connectivity index (χ1) is 12.2. The molecule has 1 aliphatic rings. The molecule has 0 atom stereocenters. The zero-order valence-electron chi connectivity index (χ0n) is 13.5. The van der Waals surface area contributed by atoms with Gasteiger partial charge in [0.05, 0.1) is 10.6 Å². The highest BCUT2D eigenvalue weighted by atomic mass is 32.1. The van der Waals surface area contributed by atoms with Crippen LogP contribution in [-0.4, -0.2) is 47.1 Å². The van der Waals surface area contributed by atoms with Crippen molar-refractivity contribution in [2.24, 2.45) is 0 Å². The fourth-order valence-electron chi connectivity index (χ4n) is 2.93. The SMILES string of the molecule is O=C(c1csc(-c2cccs2)n1)N1CCN(c2ccccc2O)CC1. The van der Waals surface area contributed by atoms with Crippen LogP contribution in [0.25, 0.3) is 9.88 Å². The van der Waals surface area contributed by atoms with Gasteiger partial charge in [-0.15, -0.1) is 22.7 Å². The van der Waals surface area contributed by atoms with Crippen LogP contribution >= 0.6 is 22.7 Å². The molecule has 1 amide bonds. The van der Waals surface area contributed by atoms with E-state index < -0.39 is 0 Å². The van der Waals surface area contributed by atoms with Crippen LogP contribution in [0.3, 0.4) is 0 Å². The number of hydrogen-bond acceptors (Lipinski definition) is 6. The third-order valence-corrected chi connectivity index (χ3v) is 6.13. The van der Waals surface area contributed by atoms with Crippen molar-refractivity contribution in [3.8, 4) is 15.6 Å². The Morgan fingerprint density at radius 2 is 1.84 bits per heavy atom. The summed E-state index contributed by atoms with van der Waals surface area (Å²) in [4.78, 5) is 22.2. The van der Waals surface area contributed by atoms with Gasteiger partial charge in [0, 0.05) is 31.6 Å². The van der Waals surface area contributed by atoms with Gasteiger partial charge in [-0.3, -0.25) is 4.79 Å². The monoisotopic (exact) mass is 371 g/mol. The first-order valence-electron chi connectivity index (χ1n) is 8.04. The van der Waals surface area contributed by atoms with Crippen molar-refractivity contribution in [3.05, 3.63) is 52.9 Å². The van der Waals surface area contributed by atoms with Crippen molar-refractivity contribution >= 4 is 34.3 Å². The Balaban J connectivity index is 1.42. The Hall–Kier alpha value is -2.38. The number of anilines is 1. The summed E-state index contributed by atoms with van der Waals surface area (Å²) in [6.07, 6.45) is 0. The van der Waals surface area contributed by atoms with Crippen LogP contribution in [0.4, 0.5) is 5.69 Å². The number of rotatable bonds is 3. The third kappa shape index (κ3) is 3.25. The number of thiazole rings is 1. The fourth-order valence-corrected chi connectivity index (χ4v) is 4.54. The molecule has 0 saturated carbocycles. The Labute approximate surface area is 153 Å². The lowest BCUT2D eigenvalue weighted by Crippen LogP contribution is -2.48. The van der Waals surface area contributed by atoms with E-state index in [1.807, 2.05) is 46.0 Å². The highest BCUT2D eigenvalue weighted by Crippen LogP contribution is 2.29. The highest BCUT2D eigenvalue weighted by molar-refractivity contribution is 7.20. The summed E-state index contributed by atoms with van der Waals surface area (Å²) < 4.78 is 0. The predicted molar refractivity (Wildman–Crippen MR) is 102 cm³/mol. The molecule has 5 nitrogen and oxygen atoms in total. The minimum absolute atomic E-state index is 0.0176. The number of phenolic OH excluding ortho intramolecular Hbond substituents is 1. The number of carbonyl (C=O) groups is 1. The van der Waals surface area contributed by atoms with Crippen molar-refractivity contribution in [1.29, 1.82) is 0 Å². The molecule has 0 aliphatic carbocycles. The third-order valence-electron chi connectivity index (χ3n) is 4.24. The molecule has 0 radical (unpaired) electrons. The number of aromatic hydroxyl groups is 1. The smallest absolute Gasteiger partial charge is 0.273 e. The molecule has 3 aromatic rings. The summed E-state index contributed by atoms with van der Waals surface area (Å²) in [5, 5.41) is 14.7. The summed E-state index contributed by atoms with van der Waals surface area (Å²) in [6.45, 7) is 2.65. The lowest BCUT2D eigenvalue weighted by molar-refractivity contribution is 0.0741. The minimum Gasteiger partial charge on any atom is -0.506 e. The molecule has 1 saturated heterocycles. The zero-order valence-corrected chi connectivity index (χ0v) is 15.1. The normalized spacial score (nSPS) is 14.7. The average molecular weight is 371 g/mol. The Morgan fingerprint density at radius 3 is 2.56 bits per heavy atom. The Kier molecular flexibility index (Phi) is 4.42. The fraction of sp³-hybridized carbons (Fsp3) is 0.222. The molecule has 1 aromatic carbocycles. The number of carbonyl (C=O) groups excluding carboxylic acids is 1. The van der Waals surface area contributed by atoms with Crippen LogP contribution in [0.5, 0.6) is 5.75 Å². The number of thiophene rings is 1. The second-order valence-electron chi connectivity index (χ2n) is 5.78. The van der Waals surface area contributed by atoms with E-state index in [9.17, 15) is 9.90 Å². The van der Waals surface area contributed by atoms with E-state index in [4.69, 9.17) is 0 Å². The van der Waals surface area contributed by atoms with Gasteiger partial charge >= 0.3 is 0 Å². The molecule has 1 N–H and O–H groups in total. The summed E-state index contributed by atoms with van der Waals surface area (Å²) in [5.41, 5.74) is 1.34. The van der Waals surface area contributed by atoms with Crippen molar-refractivity contribution in [3.63, 3.8) is 0 Å². The average Bonchev–Trinajstić information content (AvgIpc) is 3.33. The second kappa shape index (κ2) is 6.85. The Bertz CT molecular complexity index is 868. The van der Waals surface area contributed by atoms with Crippen LogP contribution in [0.15, 0.2) is 47.2 Å². The maximum atomic E-state index is 12.7. The predicted octanol–water partition coefficient (Wildman–Crippen LogP) is 3.54. The highest BCUT2D eigenvalue weighted by Gasteiger charge is 2.25. The van der Waals surface area contributed by atoms with Crippen LogP contribution in [0, 0.1) is 0 Å².